The van der Waals surface area contributed by atoms with Gasteiger partial charge in [-0.1, -0.05) is 312 Å². The molecule has 0 atom stereocenters. The second-order valence-electron chi connectivity index (χ2n) is 30.1. The normalized spacial score (nSPS) is 13.7. The van der Waals surface area contributed by atoms with E-state index in [1.54, 1.807) is 4.57 Å². The van der Waals surface area contributed by atoms with Crippen LogP contribution in [-0.4, -0.2) is 15.8 Å². The first-order valence-corrected chi connectivity index (χ1v) is 37.4. The van der Waals surface area contributed by atoms with Crippen LogP contribution in [0.5, 0.6) is 0 Å². The molecule has 109 heavy (non-hydrogen) atoms. The van der Waals surface area contributed by atoms with Gasteiger partial charge in [-0.25, -0.2) is 0 Å². The summed E-state index contributed by atoms with van der Waals surface area (Å²) in [5, 5.41) is 11.5. The van der Waals surface area contributed by atoms with Crippen LogP contribution in [0.15, 0.2) is 376 Å². The Hall–Kier alpha value is -13.7. The first-order chi connectivity index (χ1) is 57.0. The average molecular weight is 1400 g/mol. The van der Waals surface area contributed by atoms with E-state index in [0.29, 0.717) is 5.69 Å². The number of anilines is 6. The van der Waals surface area contributed by atoms with Crippen LogP contribution < -0.4 is 26.2 Å². The molecule has 0 N–H and O–H groups in total. The summed E-state index contributed by atoms with van der Waals surface area (Å²) in [4.78, 5) is 5.06. The molecule has 22 rings (SSSR count). The largest absolute Gasteiger partial charge is 0.310 e. The zero-order valence-electron chi connectivity index (χ0n) is 68.0. The number of benzene rings is 18. The molecule has 2 aromatic heterocycles. The van der Waals surface area contributed by atoms with Crippen molar-refractivity contribution in [1.29, 1.82) is 0 Å². The van der Waals surface area contributed by atoms with Gasteiger partial charge in [0.15, 0.2) is 0 Å². The van der Waals surface area contributed by atoms with Gasteiger partial charge in [-0.05, 0) is 189 Å². The van der Waals surface area contributed by atoms with Crippen molar-refractivity contribution in [2.75, 3.05) is 9.80 Å². The van der Waals surface area contributed by atoms with Crippen LogP contribution in [0.25, 0.3) is 154 Å². The Kier molecular flexibility index (Phi) is 12.3. The van der Waals surface area contributed by atoms with Crippen LogP contribution >= 0.6 is 0 Å². The molecule has 5 heteroatoms. The van der Waals surface area contributed by atoms with Crippen molar-refractivity contribution in [3.05, 3.63) is 381 Å². The predicted octanol–water partition coefficient (Wildman–Crippen LogP) is 26.2. The number of fused-ring (bicyclic) bond motifs is 16. The van der Waals surface area contributed by atoms with Crippen LogP contribution in [0.4, 0.5) is 34.1 Å². The fourth-order valence-corrected chi connectivity index (χ4v) is 18.0. The Labute approximate surface area is 644 Å². The number of aromatic nitrogens is 2. The lowest BCUT2D eigenvalue weighted by atomic mass is 9.33. The van der Waals surface area contributed by atoms with Crippen molar-refractivity contribution in [3.8, 4) is 67.0 Å². The van der Waals surface area contributed by atoms with Gasteiger partial charge in [0.2, 0.25) is 0 Å². The van der Waals surface area contributed by atoms with E-state index in [1.807, 2.05) is 18.2 Å². The van der Waals surface area contributed by atoms with Crippen molar-refractivity contribution in [2.45, 2.75) is 26.2 Å². The molecular formula is C104H71BN4. The van der Waals surface area contributed by atoms with Crippen LogP contribution in [0.1, 0.15) is 37.3 Å². The molecule has 20 aromatic rings. The van der Waals surface area contributed by atoms with E-state index in [2.05, 4.69) is 345 Å². The molecule has 0 spiro atoms. The quantitative estimate of drug-likeness (QED) is 0.106. The van der Waals surface area contributed by atoms with E-state index in [9.17, 15) is 8.22 Å². The van der Waals surface area contributed by atoms with Gasteiger partial charge in [-0.3, -0.25) is 0 Å². The van der Waals surface area contributed by atoms with Crippen LogP contribution in [0.2, 0.25) is 0 Å². The number of para-hydroxylation sites is 6. The zero-order valence-corrected chi connectivity index (χ0v) is 60.0. The Bertz CT molecular complexity index is 7410. The highest BCUT2D eigenvalue weighted by molar-refractivity contribution is 7.00. The SMILES string of the molecule is [2H]c1c([2H])c([2H])c2c(c1[2H])c1c([2H])c([2H])c([2H])c([2H])c1n2-c1ccc2c(c1)N(c1c(-c3ccccc3)cccc1-c1ccccc1)c1cc(C(C)(C)C)cc3c1B2c1ccc(-c2ccc4c(c2)c2ccccc2n4-c2ccccc2)cc1N3c1c(-c2ccc3ccc4ccccc4c3c2)cccc1-c1ccc2ccc3ccccc3c2c1. The van der Waals surface area contributed by atoms with Crippen molar-refractivity contribution in [2.24, 2.45) is 0 Å². The van der Waals surface area contributed by atoms with E-state index >= 15 is 0 Å². The minimum absolute atomic E-state index is 0.00936. The Morgan fingerprint density at radius 1 is 0.266 bits per heavy atom. The molecule has 0 saturated carbocycles. The van der Waals surface area contributed by atoms with Crippen molar-refractivity contribution >= 4 is 144 Å². The second kappa shape index (κ2) is 24.4. The molecule has 18 aromatic carbocycles. The van der Waals surface area contributed by atoms with Crippen molar-refractivity contribution < 1.29 is 11.0 Å². The minimum Gasteiger partial charge on any atom is -0.310 e. The molecule has 0 amide bonds. The monoisotopic (exact) mass is 1390 g/mol. The van der Waals surface area contributed by atoms with Crippen LogP contribution in [-0.2, 0) is 5.41 Å². The van der Waals surface area contributed by atoms with Gasteiger partial charge in [0.1, 0.15) is 0 Å². The first-order valence-electron chi connectivity index (χ1n) is 41.4. The highest BCUT2D eigenvalue weighted by Crippen LogP contribution is 2.55. The van der Waals surface area contributed by atoms with E-state index in [4.69, 9.17) is 2.74 Å². The Morgan fingerprint density at radius 2 is 0.679 bits per heavy atom. The summed E-state index contributed by atoms with van der Waals surface area (Å²) in [6.07, 6.45) is 0. The average Bonchev–Trinajstić information content (AvgIpc) is 1.69. The zero-order chi connectivity index (χ0) is 79.1. The lowest BCUT2D eigenvalue weighted by Gasteiger charge is -2.46. The summed E-state index contributed by atoms with van der Waals surface area (Å²) in [6.45, 7) is 6.36. The third-order valence-electron chi connectivity index (χ3n) is 23.0. The van der Waals surface area contributed by atoms with Gasteiger partial charge in [0, 0.05) is 77.9 Å². The molecule has 2 aliphatic heterocycles. The second-order valence-corrected chi connectivity index (χ2v) is 30.1. The predicted molar refractivity (Wildman–Crippen MR) is 465 cm³/mol. The summed E-state index contributed by atoms with van der Waals surface area (Å²) in [5.41, 5.74) is 22.9. The van der Waals surface area contributed by atoms with E-state index in [-0.39, 0.29) is 33.9 Å². The van der Waals surface area contributed by atoms with Gasteiger partial charge < -0.3 is 18.9 Å². The number of hydrogen-bond donors (Lipinski definition) is 0. The standard InChI is InChI=1S/C104H71BN4/c1-104(2,3)76-63-99-101-100(64-76)109(102-81(66-25-7-4-8-26-66)38-23-39-82(102)67-27-9-5-10-28-67)98-65-78(107-93-42-20-17-35-85(93)86-36-18-21-43-94(86)107)55-57-92(98)105(101)91-56-53-73(72-54-58-96-90(59-72)87-37-19-22-44-95(87)106(96)77-31-11-6-12-32-77)62-97(91)108(99)103-83(74-51-49-70-47-45-68-29-13-15-33-79(68)88(70)60-74)40-24-41-84(103)75-52-50-71-48-46-69-30-14-16-34-80(69)89(71)61-75/h4-65H,1-3H3/i17D,18D,20D,21D,35D,36D,42D,43D. The lowest BCUT2D eigenvalue weighted by molar-refractivity contribution is 0.590. The highest BCUT2D eigenvalue weighted by atomic mass is 15.2. The highest BCUT2D eigenvalue weighted by Gasteiger charge is 2.46. The van der Waals surface area contributed by atoms with Crippen molar-refractivity contribution in [1.82, 2.24) is 9.13 Å². The third kappa shape index (κ3) is 9.79. The molecule has 4 heterocycles. The van der Waals surface area contributed by atoms with Gasteiger partial charge in [-0.2, -0.15) is 0 Å². The number of rotatable bonds is 9. The first kappa shape index (κ1) is 54.8. The number of nitrogens with zero attached hydrogens (tertiary/aromatic N) is 4. The molecule has 4 nitrogen and oxygen atoms in total. The van der Waals surface area contributed by atoms with E-state index in [1.165, 1.54) is 10.8 Å². The maximum atomic E-state index is 9.87. The van der Waals surface area contributed by atoms with E-state index in [0.717, 1.165) is 172 Å². The van der Waals surface area contributed by atoms with E-state index < -0.39 is 48.4 Å². The molecule has 2 aliphatic rings. The molecule has 0 fully saturated rings. The number of hydrogen-bond acceptors (Lipinski definition) is 2. The van der Waals surface area contributed by atoms with Gasteiger partial charge in [0.25, 0.3) is 6.71 Å². The Balaban J connectivity index is 0.904. The summed E-state index contributed by atoms with van der Waals surface area (Å²) in [6, 6.07) is 116. The minimum atomic E-state index is -0.512. The van der Waals surface area contributed by atoms with Gasteiger partial charge in [0.05, 0.1) is 44.4 Å². The van der Waals surface area contributed by atoms with Crippen LogP contribution in [0, 0.1) is 0 Å². The smallest absolute Gasteiger partial charge is 0.252 e. The van der Waals surface area contributed by atoms with Gasteiger partial charge >= 0.3 is 0 Å². The summed E-state index contributed by atoms with van der Waals surface area (Å²) < 4.78 is 79.8. The molecule has 0 radical (unpaired) electrons. The fourth-order valence-electron chi connectivity index (χ4n) is 18.0. The van der Waals surface area contributed by atoms with Crippen molar-refractivity contribution in [3.63, 3.8) is 0 Å². The summed E-state index contributed by atoms with van der Waals surface area (Å²) in [5.74, 6) is 0. The molecule has 0 aliphatic carbocycles. The molecular weight excluding hydrogens is 1320 g/mol. The Morgan fingerprint density at radius 3 is 1.24 bits per heavy atom. The molecule has 0 unspecified atom stereocenters. The molecule has 0 bridgehead atoms. The molecule has 510 valence electrons. The third-order valence-corrected chi connectivity index (χ3v) is 23.0. The maximum Gasteiger partial charge on any atom is 0.252 e. The fraction of sp³-hybridized carbons (Fsp3) is 0.0385. The summed E-state index contributed by atoms with van der Waals surface area (Å²) in [7, 11) is 0. The topological polar surface area (TPSA) is 16.3 Å². The maximum absolute atomic E-state index is 9.87. The summed E-state index contributed by atoms with van der Waals surface area (Å²) >= 11 is 0. The van der Waals surface area contributed by atoms with Crippen LogP contribution in [0.3, 0.4) is 0 Å². The lowest BCUT2D eigenvalue weighted by Crippen LogP contribution is -2.61. The molecule has 0 saturated heterocycles. The van der Waals surface area contributed by atoms with Gasteiger partial charge in [-0.15, -0.1) is 0 Å².